The summed E-state index contributed by atoms with van der Waals surface area (Å²) in [5.74, 6) is -0.437. The Hall–Kier alpha value is -3.41. The number of hydrogen-bond donors (Lipinski definition) is 1. The molecule has 0 aromatic heterocycles. The Balaban J connectivity index is 1.62. The summed E-state index contributed by atoms with van der Waals surface area (Å²) >= 11 is 0. The van der Waals surface area contributed by atoms with Crippen LogP contribution in [0.4, 0.5) is 5.69 Å². The summed E-state index contributed by atoms with van der Waals surface area (Å²) in [4.78, 5) is 36.7. The zero-order chi connectivity index (χ0) is 21.0. The number of ketones is 1. The summed E-state index contributed by atoms with van der Waals surface area (Å²) in [6, 6.07) is 13.9. The molecule has 0 radical (unpaired) electrons. The van der Waals surface area contributed by atoms with Crippen LogP contribution in [0.1, 0.15) is 36.7 Å². The highest BCUT2D eigenvalue weighted by atomic mass is 16.5. The van der Waals surface area contributed by atoms with E-state index in [0.29, 0.717) is 22.6 Å². The van der Waals surface area contributed by atoms with Gasteiger partial charge in [0.1, 0.15) is 12.4 Å². The number of carbonyl (C=O) groups is 3. The minimum atomic E-state index is -0.948. The number of ether oxygens (including phenoxy) is 2. The number of esters is 1. The van der Waals surface area contributed by atoms with Crippen molar-refractivity contribution in [2.45, 2.75) is 26.9 Å². The molecule has 0 spiro atoms. The highest BCUT2D eigenvalue weighted by molar-refractivity contribution is 6.03. The zero-order valence-corrected chi connectivity index (χ0v) is 16.6. The first-order chi connectivity index (χ1) is 13.8. The molecule has 0 unspecified atom stereocenters. The van der Waals surface area contributed by atoms with Crippen LogP contribution in [0.25, 0.3) is 6.08 Å². The van der Waals surface area contributed by atoms with Crippen LogP contribution >= 0.6 is 0 Å². The van der Waals surface area contributed by atoms with Gasteiger partial charge in [-0.15, -0.1) is 0 Å². The standard InChI is InChI=1S/C23H23NO5/c1-14(2)22(26)24-19-10-8-16(9-11-19)21(25)15(3)29-23(27)18-12-17-6-4-5-7-20(17)28-13-18/h4-12,14-15H,13H2,1-3H3,(H,24,26)/t15-/m1/s1. The predicted octanol–water partition coefficient (Wildman–Crippen LogP) is 3.87. The van der Waals surface area contributed by atoms with Gasteiger partial charge in [-0.3, -0.25) is 9.59 Å². The third kappa shape index (κ3) is 4.90. The Kier molecular flexibility index (Phi) is 6.12. The fourth-order valence-electron chi connectivity index (χ4n) is 2.76. The van der Waals surface area contributed by atoms with Gasteiger partial charge in [0, 0.05) is 22.7 Å². The largest absolute Gasteiger partial charge is 0.488 e. The van der Waals surface area contributed by atoms with E-state index in [1.807, 2.05) is 24.3 Å². The summed E-state index contributed by atoms with van der Waals surface area (Å²) in [7, 11) is 0. The van der Waals surface area contributed by atoms with Crippen LogP contribution in [0.5, 0.6) is 5.75 Å². The molecular formula is C23H23NO5. The van der Waals surface area contributed by atoms with E-state index in [1.165, 1.54) is 6.92 Å². The molecule has 0 saturated carbocycles. The molecule has 2 aromatic carbocycles. The van der Waals surface area contributed by atoms with Crippen molar-refractivity contribution >= 4 is 29.4 Å². The van der Waals surface area contributed by atoms with Crippen LogP contribution in [-0.4, -0.2) is 30.4 Å². The summed E-state index contributed by atoms with van der Waals surface area (Å²) in [5, 5.41) is 2.76. The number of carbonyl (C=O) groups excluding carboxylic acids is 3. The molecule has 0 saturated heterocycles. The lowest BCUT2D eigenvalue weighted by atomic mass is 10.1. The monoisotopic (exact) mass is 393 g/mol. The average molecular weight is 393 g/mol. The van der Waals surface area contributed by atoms with Crippen molar-refractivity contribution in [3.8, 4) is 5.75 Å². The van der Waals surface area contributed by atoms with Gasteiger partial charge in [-0.25, -0.2) is 4.79 Å². The first-order valence-corrected chi connectivity index (χ1v) is 9.43. The van der Waals surface area contributed by atoms with E-state index in [9.17, 15) is 14.4 Å². The number of anilines is 1. The lowest BCUT2D eigenvalue weighted by molar-refractivity contribution is -0.142. The fourth-order valence-corrected chi connectivity index (χ4v) is 2.76. The van der Waals surface area contributed by atoms with Crippen molar-refractivity contribution in [1.29, 1.82) is 0 Å². The number of Topliss-reactive ketones (excluding diaryl/α,β-unsaturated/α-hetero) is 1. The second-order valence-electron chi connectivity index (χ2n) is 7.13. The molecule has 1 aliphatic heterocycles. The van der Waals surface area contributed by atoms with E-state index < -0.39 is 12.1 Å². The van der Waals surface area contributed by atoms with Crippen LogP contribution in [0.2, 0.25) is 0 Å². The van der Waals surface area contributed by atoms with Gasteiger partial charge in [0.2, 0.25) is 11.7 Å². The molecule has 2 aromatic rings. The maximum atomic E-state index is 12.6. The van der Waals surface area contributed by atoms with Crippen molar-refractivity contribution in [1.82, 2.24) is 0 Å². The molecule has 150 valence electrons. The number of rotatable bonds is 6. The maximum Gasteiger partial charge on any atom is 0.338 e. The Morgan fingerprint density at radius 2 is 1.69 bits per heavy atom. The van der Waals surface area contributed by atoms with Gasteiger partial charge in [0.25, 0.3) is 0 Å². The predicted molar refractivity (Wildman–Crippen MR) is 110 cm³/mol. The van der Waals surface area contributed by atoms with Gasteiger partial charge in [-0.05, 0) is 43.3 Å². The summed E-state index contributed by atoms with van der Waals surface area (Å²) in [5.41, 5.74) is 2.15. The van der Waals surface area contributed by atoms with Crippen LogP contribution in [0, 0.1) is 5.92 Å². The minimum absolute atomic E-state index is 0.0982. The van der Waals surface area contributed by atoms with Gasteiger partial charge in [0.15, 0.2) is 6.10 Å². The first-order valence-electron chi connectivity index (χ1n) is 9.43. The van der Waals surface area contributed by atoms with E-state index in [1.54, 1.807) is 44.2 Å². The maximum absolute atomic E-state index is 12.6. The average Bonchev–Trinajstić information content (AvgIpc) is 2.73. The highest BCUT2D eigenvalue weighted by Crippen LogP contribution is 2.26. The summed E-state index contributed by atoms with van der Waals surface area (Å²) < 4.78 is 10.9. The van der Waals surface area contributed by atoms with Crippen LogP contribution < -0.4 is 10.1 Å². The van der Waals surface area contributed by atoms with Gasteiger partial charge in [-0.2, -0.15) is 0 Å². The third-order valence-corrected chi connectivity index (χ3v) is 4.51. The third-order valence-electron chi connectivity index (χ3n) is 4.51. The smallest absolute Gasteiger partial charge is 0.338 e. The highest BCUT2D eigenvalue weighted by Gasteiger charge is 2.24. The van der Waals surface area contributed by atoms with Crippen LogP contribution in [0.15, 0.2) is 54.1 Å². The second-order valence-corrected chi connectivity index (χ2v) is 7.13. The first kappa shape index (κ1) is 20.3. The Bertz CT molecular complexity index is 959. The molecular weight excluding hydrogens is 370 g/mol. The molecule has 1 N–H and O–H groups in total. The van der Waals surface area contributed by atoms with Crippen molar-refractivity contribution in [3.63, 3.8) is 0 Å². The normalized spacial score (nSPS) is 13.6. The molecule has 6 heteroatoms. The van der Waals surface area contributed by atoms with Gasteiger partial charge >= 0.3 is 5.97 Å². The molecule has 0 aliphatic carbocycles. The molecule has 3 rings (SSSR count). The van der Waals surface area contributed by atoms with E-state index in [0.717, 1.165) is 5.56 Å². The molecule has 1 atom stereocenters. The van der Waals surface area contributed by atoms with Crippen molar-refractivity contribution in [2.75, 3.05) is 11.9 Å². The lowest BCUT2D eigenvalue weighted by Gasteiger charge is -2.19. The summed E-state index contributed by atoms with van der Waals surface area (Å²) in [6.07, 6.45) is 0.765. The van der Waals surface area contributed by atoms with Crippen molar-refractivity contribution < 1.29 is 23.9 Å². The minimum Gasteiger partial charge on any atom is -0.488 e. The quantitative estimate of drug-likeness (QED) is 0.595. The number of para-hydroxylation sites is 1. The molecule has 1 heterocycles. The van der Waals surface area contributed by atoms with E-state index in [-0.39, 0.29) is 24.2 Å². The number of hydrogen-bond acceptors (Lipinski definition) is 5. The van der Waals surface area contributed by atoms with Gasteiger partial charge in [0.05, 0.1) is 5.57 Å². The van der Waals surface area contributed by atoms with Crippen molar-refractivity contribution in [3.05, 3.63) is 65.2 Å². The Morgan fingerprint density at radius 1 is 1.00 bits per heavy atom. The van der Waals surface area contributed by atoms with Crippen molar-refractivity contribution in [2.24, 2.45) is 5.92 Å². The molecule has 29 heavy (non-hydrogen) atoms. The number of nitrogens with one attached hydrogen (secondary N) is 1. The Labute approximate surface area is 169 Å². The van der Waals surface area contributed by atoms with Crippen LogP contribution in [-0.2, 0) is 14.3 Å². The van der Waals surface area contributed by atoms with E-state index >= 15 is 0 Å². The number of benzene rings is 2. The molecule has 1 amide bonds. The van der Waals surface area contributed by atoms with E-state index in [2.05, 4.69) is 5.32 Å². The molecule has 6 nitrogen and oxygen atoms in total. The fraction of sp³-hybridized carbons (Fsp3) is 0.261. The molecule has 0 bridgehead atoms. The number of amides is 1. The number of fused-ring (bicyclic) bond motifs is 1. The zero-order valence-electron chi connectivity index (χ0n) is 16.6. The summed E-state index contributed by atoms with van der Waals surface area (Å²) in [6.45, 7) is 5.23. The topological polar surface area (TPSA) is 81.7 Å². The SMILES string of the molecule is CC(C)C(=O)Nc1ccc(C(=O)[C@@H](C)OC(=O)C2=Cc3ccccc3OC2)cc1. The lowest BCUT2D eigenvalue weighted by Crippen LogP contribution is -2.27. The van der Waals surface area contributed by atoms with Gasteiger partial charge < -0.3 is 14.8 Å². The Morgan fingerprint density at radius 3 is 2.38 bits per heavy atom. The van der Waals surface area contributed by atoms with E-state index in [4.69, 9.17) is 9.47 Å². The van der Waals surface area contributed by atoms with Gasteiger partial charge in [-0.1, -0.05) is 32.0 Å². The molecule has 1 aliphatic rings. The molecule has 0 fully saturated rings. The van der Waals surface area contributed by atoms with Crippen LogP contribution in [0.3, 0.4) is 0 Å². The second kappa shape index (κ2) is 8.73.